The number of amidine groups is 1. The first-order chi connectivity index (χ1) is 17.4. The maximum Gasteiger partial charge on any atom is 0.147 e. The molecule has 5 nitrogen and oxygen atoms in total. The Morgan fingerprint density at radius 2 is 1.83 bits per heavy atom. The number of aliphatic imine (C=N–C) groups is 2. The molecule has 0 amide bonds. The topological polar surface area (TPSA) is 44.1 Å². The SMILES string of the molecule is CN1C2=NC(N3CCC4(CC3)Cc3ccc(Cl)nc3C4)=CC=NC1=C(Sc1cccc(Cl)c1Cl)C=C2. The summed E-state index contributed by atoms with van der Waals surface area (Å²) in [5, 5.41) is 1.69. The van der Waals surface area contributed by atoms with Crippen molar-refractivity contribution in [3.05, 3.63) is 91.6 Å². The average Bonchev–Trinajstić information content (AvgIpc) is 3.21. The van der Waals surface area contributed by atoms with Gasteiger partial charge in [0.15, 0.2) is 0 Å². The highest BCUT2D eigenvalue weighted by Crippen LogP contribution is 2.45. The van der Waals surface area contributed by atoms with Crippen LogP contribution in [0.25, 0.3) is 0 Å². The first-order valence-electron chi connectivity index (χ1n) is 11.9. The van der Waals surface area contributed by atoms with Gasteiger partial charge in [0.05, 0.1) is 15.0 Å². The van der Waals surface area contributed by atoms with E-state index in [4.69, 9.17) is 44.8 Å². The molecule has 9 heteroatoms. The third-order valence-electron chi connectivity index (χ3n) is 7.34. The largest absolute Gasteiger partial charge is 0.356 e. The number of likely N-dealkylation sites (tertiary alicyclic amines) is 1. The van der Waals surface area contributed by atoms with Gasteiger partial charge in [-0.3, -0.25) is 0 Å². The first-order valence-corrected chi connectivity index (χ1v) is 13.9. The molecular weight excluding hydrogens is 533 g/mol. The average molecular weight is 557 g/mol. The van der Waals surface area contributed by atoms with Gasteiger partial charge in [-0.05, 0) is 73.1 Å². The molecule has 184 valence electrons. The molecule has 1 fully saturated rings. The van der Waals surface area contributed by atoms with Gasteiger partial charge in [0, 0.05) is 36.9 Å². The summed E-state index contributed by atoms with van der Waals surface area (Å²) in [6, 6.07) is 9.72. The number of likely N-dealkylation sites (N-methyl/N-ethyl adjacent to an activating group) is 1. The number of allylic oxidation sites excluding steroid dienone is 2. The van der Waals surface area contributed by atoms with Crippen molar-refractivity contribution >= 4 is 58.6 Å². The fourth-order valence-corrected chi connectivity index (χ4v) is 6.98. The molecule has 1 aromatic heterocycles. The van der Waals surface area contributed by atoms with Crippen molar-refractivity contribution in [1.82, 2.24) is 14.8 Å². The van der Waals surface area contributed by atoms with Gasteiger partial charge in [0.1, 0.15) is 22.6 Å². The minimum atomic E-state index is 0.283. The number of fused-ring (bicyclic) bond motifs is 3. The lowest BCUT2D eigenvalue weighted by atomic mass is 9.76. The summed E-state index contributed by atoms with van der Waals surface area (Å²) in [6.45, 7) is 1.92. The van der Waals surface area contributed by atoms with Crippen molar-refractivity contribution in [2.24, 2.45) is 15.4 Å². The van der Waals surface area contributed by atoms with E-state index in [2.05, 4.69) is 22.0 Å². The Morgan fingerprint density at radius 1 is 1.00 bits per heavy atom. The van der Waals surface area contributed by atoms with E-state index in [0.717, 1.165) is 66.1 Å². The second-order valence-corrected chi connectivity index (χ2v) is 11.8. The molecule has 4 aliphatic rings. The molecule has 0 N–H and O–H groups in total. The number of hydrogen-bond donors (Lipinski definition) is 0. The van der Waals surface area contributed by atoms with Crippen LogP contribution in [0, 0.1) is 5.41 Å². The van der Waals surface area contributed by atoms with Crippen LogP contribution in [0.4, 0.5) is 0 Å². The van der Waals surface area contributed by atoms with Gasteiger partial charge in [-0.1, -0.05) is 58.7 Å². The quantitative estimate of drug-likeness (QED) is 0.382. The van der Waals surface area contributed by atoms with Crippen molar-refractivity contribution in [3.8, 4) is 0 Å². The Hall–Kier alpha value is -2.25. The van der Waals surface area contributed by atoms with Gasteiger partial charge in [-0.15, -0.1) is 0 Å². The maximum atomic E-state index is 6.42. The molecule has 0 radical (unpaired) electrons. The Morgan fingerprint density at radius 3 is 2.67 bits per heavy atom. The van der Waals surface area contributed by atoms with Gasteiger partial charge < -0.3 is 9.80 Å². The summed E-state index contributed by atoms with van der Waals surface area (Å²) < 4.78 is 0. The summed E-state index contributed by atoms with van der Waals surface area (Å²) in [5.41, 5.74) is 2.81. The van der Waals surface area contributed by atoms with Gasteiger partial charge in [-0.2, -0.15) is 0 Å². The number of benzene rings is 1. The van der Waals surface area contributed by atoms with E-state index in [1.807, 2.05) is 48.5 Å². The van der Waals surface area contributed by atoms with Crippen LogP contribution in [0.3, 0.4) is 0 Å². The zero-order valence-corrected chi connectivity index (χ0v) is 22.8. The molecule has 6 rings (SSSR count). The number of nitrogens with zero attached hydrogens (tertiary/aromatic N) is 5. The van der Waals surface area contributed by atoms with E-state index in [1.165, 1.54) is 11.3 Å². The summed E-state index contributed by atoms with van der Waals surface area (Å²) in [7, 11) is 2.00. The molecule has 3 aliphatic heterocycles. The second-order valence-electron chi connectivity index (χ2n) is 9.59. The lowest BCUT2D eigenvalue weighted by Crippen LogP contribution is -2.40. The third kappa shape index (κ3) is 4.49. The van der Waals surface area contributed by atoms with Gasteiger partial charge in [0.2, 0.25) is 0 Å². The van der Waals surface area contributed by atoms with Crippen LogP contribution in [0.5, 0.6) is 0 Å². The van der Waals surface area contributed by atoms with Crippen LogP contribution >= 0.6 is 46.6 Å². The maximum absolute atomic E-state index is 6.42. The predicted molar refractivity (Wildman–Crippen MR) is 150 cm³/mol. The fourth-order valence-electron chi connectivity index (χ4n) is 5.34. The van der Waals surface area contributed by atoms with E-state index in [-0.39, 0.29) is 5.41 Å². The minimum absolute atomic E-state index is 0.283. The summed E-state index contributed by atoms with van der Waals surface area (Å²) >= 11 is 20.3. The van der Waals surface area contributed by atoms with E-state index in [9.17, 15) is 0 Å². The highest BCUT2D eigenvalue weighted by molar-refractivity contribution is 8.03. The van der Waals surface area contributed by atoms with Crippen molar-refractivity contribution < 1.29 is 0 Å². The molecule has 0 atom stereocenters. The van der Waals surface area contributed by atoms with Gasteiger partial charge >= 0.3 is 0 Å². The van der Waals surface area contributed by atoms with Crippen LogP contribution in [0.15, 0.2) is 80.0 Å². The van der Waals surface area contributed by atoms with E-state index >= 15 is 0 Å². The highest BCUT2D eigenvalue weighted by atomic mass is 35.5. The molecule has 1 spiro atoms. The molecule has 0 saturated carbocycles. The fraction of sp³-hybridized carbons (Fsp3) is 0.296. The number of pyridine rings is 1. The van der Waals surface area contributed by atoms with E-state index < -0.39 is 0 Å². The smallest absolute Gasteiger partial charge is 0.147 e. The van der Waals surface area contributed by atoms with Crippen LogP contribution in [0.1, 0.15) is 24.1 Å². The van der Waals surface area contributed by atoms with Crippen LogP contribution < -0.4 is 0 Å². The number of piperidine rings is 1. The van der Waals surface area contributed by atoms with E-state index in [0.29, 0.717) is 15.2 Å². The molecule has 36 heavy (non-hydrogen) atoms. The Balaban J connectivity index is 1.20. The van der Waals surface area contributed by atoms with Crippen molar-refractivity contribution in [2.45, 2.75) is 30.6 Å². The highest BCUT2D eigenvalue weighted by Gasteiger charge is 2.41. The monoisotopic (exact) mass is 555 g/mol. The first kappa shape index (κ1) is 24.1. The molecular formula is C27H24Cl3N5S. The Bertz CT molecular complexity index is 1390. The van der Waals surface area contributed by atoms with Gasteiger partial charge in [-0.25, -0.2) is 15.0 Å². The number of aromatic nitrogens is 1. The van der Waals surface area contributed by atoms with Gasteiger partial charge in [0.25, 0.3) is 0 Å². The van der Waals surface area contributed by atoms with Crippen LogP contribution in [-0.4, -0.2) is 47.0 Å². The van der Waals surface area contributed by atoms with Crippen LogP contribution in [-0.2, 0) is 12.8 Å². The number of hydrogen-bond acceptors (Lipinski definition) is 6. The standard InChI is InChI=1S/C27H24Cl3N5S/c1-34-23-8-6-21(36-20-4-2-3-18(28)25(20)30)26(34)31-12-9-24(33-23)35-13-10-27(11-14-35)15-17-5-7-22(29)32-19(17)16-27/h2-9,12H,10-11,13-16H2,1H3. The normalized spacial score (nSPS) is 20.3. The molecule has 4 heterocycles. The van der Waals surface area contributed by atoms with E-state index in [1.54, 1.807) is 17.8 Å². The number of thioether (sulfide) groups is 1. The zero-order chi connectivity index (χ0) is 24.9. The molecule has 0 unspecified atom stereocenters. The summed E-state index contributed by atoms with van der Waals surface area (Å²) in [5.74, 6) is 2.65. The lowest BCUT2D eigenvalue weighted by Gasteiger charge is -2.40. The molecule has 1 aromatic carbocycles. The Labute approximate surface area is 230 Å². The van der Waals surface area contributed by atoms with Crippen molar-refractivity contribution in [2.75, 3.05) is 20.1 Å². The third-order valence-corrected chi connectivity index (χ3v) is 9.58. The zero-order valence-electron chi connectivity index (χ0n) is 19.7. The summed E-state index contributed by atoms with van der Waals surface area (Å²) in [6.07, 6.45) is 12.3. The Kier molecular flexibility index (Phi) is 6.41. The lowest BCUT2D eigenvalue weighted by molar-refractivity contribution is 0.135. The summed E-state index contributed by atoms with van der Waals surface area (Å²) in [4.78, 5) is 20.7. The van der Waals surface area contributed by atoms with Crippen molar-refractivity contribution in [1.29, 1.82) is 0 Å². The second kappa shape index (κ2) is 9.56. The molecule has 1 saturated heterocycles. The number of rotatable bonds is 3. The molecule has 2 aromatic rings. The minimum Gasteiger partial charge on any atom is -0.356 e. The molecule has 2 bridgehead atoms. The van der Waals surface area contributed by atoms with Crippen LogP contribution in [0.2, 0.25) is 15.2 Å². The predicted octanol–water partition coefficient (Wildman–Crippen LogP) is 7.01. The number of halogens is 3. The molecule has 1 aliphatic carbocycles. The van der Waals surface area contributed by atoms with Crippen molar-refractivity contribution in [3.63, 3.8) is 0 Å².